The summed E-state index contributed by atoms with van der Waals surface area (Å²) in [6, 6.07) is 4.08. The number of hydrogen-bond acceptors (Lipinski definition) is 4. The highest BCUT2D eigenvalue weighted by Crippen LogP contribution is 2.22. The molecule has 5 heteroatoms. The minimum atomic E-state index is 0.138. The lowest BCUT2D eigenvalue weighted by molar-refractivity contribution is 0.0608. The first-order chi connectivity index (χ1) is 11.3. The molecule has 0 bridgehead atoms. The van der Waals surface area contributed by atoms with Gasteiger partial charge in [0.2, 0.25) is 0 Å². The summed E-state index contributed by atoms with van der Waals surface area (Å²) in [5.74, 6) is 0.899. The summed E-state index contributed by atoms with van der Waals surface area (Å²) in [7, 11) is 0. The van der Waals surface area contributed by atoms with Gasteiger partial charge in [-0.1, -0.05) is 6.92 Å². The predicted molar refractivity (Wildman–Crippen MR) is 90.7 cm³/mol. The summed E-state index contributed by atoms with van der Waals surface area (Å²) in [6.07, 6.45) is 8.70. The number of rotatable bonds is 5. The highest BCUT2D eigenvalue weighted by Gasteiger charge is 2.26. The van der Waals surface area contributed by atoms with Crippen LogP contribution in [0.1, 0.15) is 55.8 Å². The summed E-state index contributed by atoms with van der Waals surface area (Å²) in [5, 5.41) is 3.30. The Morgan fingerprint density at radius 3 is 3.09 bits per heavy atom. The Hall–Kier alpha value is -1.62. The molecule has 0 aromatic carbocycles. The Morgan fingerprint density at radius 1 is 1.39 bits per heavy atom. The largest absolute Gasteiger partial charge is 0.376 e. The number of carbonyl (C=O) groups excluding carboxylic acids is 1. The first kappa shape index (κ1) is 16.2. The molecule has 23 heavy (non-hydrogen) atoms. The molecular weight excluding hydrogens is 290 g/mol. The maximum atomic E-state index is 12.8. The van der Waals surface area contributed by atoms with Crippen LogP contribution in [0.3, 0.4) is 0 Å². The number of aromatic nitrogens is 1. The van der Waals surface area contributed by atoms with Gasteiger partial charge in [0.25, 0.3) is 5.91 Å². The third-order valence-corrected chi connectivity index (χ3v) is 4.90. The molecule has 3 heterocycles. The SMILES string of the molecule is CCC1CCCCN1C(=O)c1ccnc(NCC2CCCO2)c1. The predicted octanol–water partition coefficient (Wildman–Crippen LogP) is 3.08. The van der Waals surface area contributed by atoms with E-state index in [1.807, 2.05) is 17.0 Å². The van der Waals surface area contributed by atoms with E-state index in [2.05, 4.69) is 17.2 Å². The van der Waals surface area contributed by atoms with Crippen molar-refractivity contribution in [1.82, 2.24) is 9.88 Å². The van der Waals surface area contributed by atoms with Gasteiger partial charge in [0.1, 0.15) is 5.82 Å². The molecule has 2 fully saturated rings. The van der Waals surface area contributed by atoms with Crippen LogP contribution in [-0.2, 0) is 4.74 Å². The molecular formula is C18H27N3O2. The second-order valence-electron chi connectivity index (χ2n) is 6.50. The number of nitrogens with zero attached hydrogens (tertiary/aromatic N) is 2. The van der Waals surface area contributed by atoms with Gasteiger partial charge in [-0.3, -0.25) is 4.79 Å². The number of amides is 1. The summed E-state index contributed by atoms with van der Waals surface area (Å²) in [6.45, 7) is 4.65. The van der Waals surface area contributed by atoms with Crippen molar-refractivity contribution in [1.29, 1.82) is 0 Å². The van der Waals surface area contributed by atoms with Crippen molar-refractivity contribution in [2.45, 2.75) is 57.6 Å². The third kappa shape index (κ3) is 4.02. The average molecular weight is 317 g/mol. The molecule has 0 radical (unpaired) electrons. The van der Waals surface area contributed by atoms with E-state index in [0.29, 0.717) is 6.04 Å². The van der Waals surface area contributed by atoms with Gasteiger partial charge in [-0.05, 0) is 50.7 Å². The van der Waals surface area contributed by atoms with Crippen LogP contribution >= 0.6 is 0 Å². The lowest BCUT2D eigenvalue weighted by atomic mass is 9.99. The van der Waals surface area contributed by atoms with Crippen molar-refractivity contribution in [3.8, 4) is 0 Å². The van der Waals surface area contributed by atoms with Crippen LogP contribution in [0.4, 0.5) is 5.82 Å². The van der Waals surface area contributed by atoms with Crippen molar-refractivity contribution in [2.75, 3.05) is 25.0 Å². The van der Waals surface area contributed by atoms with Crippen molar-refractivity contribution in [3.63, 3.8) is 0 Å². The van der Waals surface area contributed by atoms with Crippen molar-refractivity contribution in [3.05, 3.63) is 23.9 Å². The number of pyridine rings is 1. The van der Waals surface area contributed by atoms with Gasteiger partial charge in [0.15, 0.2) is 0 Å². The summed E-state index contributed by atoms with van der Waals surface area (Å²) in [5.41, 5.74) is 0.732. The van der Waals surface area contributed by atoms with Gasteiger partial charge in [-0.2, -0.15) is 0 Å². The second-order valence-corrected chi connectivity index (χ2v) is 6.50. The van der Waals surface area contributed by atoms with Gasteiger partial charge < -0.3 is 15.0 Å². The van der Waals surface area contributed by atoms with Crippen molar-refractivity contribution in [2.24, 2.45) is 0 Å². The molecule has 0 saturated carbocycles. The number of piperidine rings is 1. The van der Waals surface area contributed by atoms with E-state index >= 15 is 0 Å². The summed E-state index contributed by atoms with van der Waals surface area (Å²) >= 11 is 0. The molecule has 0 spiro atoms. The fourth-order valence-corrected chi connectivity index (χ4v) is 3.54. The van der Waals surface area contributed by atoms with E-state index in [-0.39, 0.29) is 12.0 Å². The van der Waals surface area contributed by atoms with Crippen LogP contribution in [0.5, 0.6) is 0 Å². The zero-order valence-electron chi connectivity index (χ0n) is 14.0. The van der Waals surface area contributed by atoms with Gasteiger partial charge in [0, 0.05) is 37.5 Å². The zero-order valence-corrected chi connectivity index (χ0v) is 14.0. The molecule has 0 aliphatic carbocycles. The number of carbonyl (C=O) groups is 1. The fraction of sp³-hybridized carbons (Fsp3) is 0.667. The molecule has 126 valence electrons. The first-order valence-electron chi connectivity index (χ1n) is 8.90. The van der Waals surface area contributed by atoms with Crippen LogP contribution in [0.2, 0.25) is 0 Å². The highest BCUT2D eigenvalue weighted by atomic mass is 16.5. The van der Waals surface area contributed by atoms with Crippen LogP contribution in [0.15, 0.2) is 18.3 Å². The minimum Gasteiger partial charge on any atom is -0.376 e. The Kier molecular flexibility index (Phi) is 5.49. The Labute approximate surface area is 138 Å². The molecule has 2 aliphatic heterocycles. The molecule has 2 aliphatic rings. The van der Waals surface area contributed by atoms with Crippen LogP contribution in [0.25, 0.3) is 0 Å². The normalized spacial score (nSPS) is 24.7. The molecule has 5 nitrogen and oxygen atoms in total. The standard InChI is InChI=1S/C18H27N3O2/c1-2-15-6-3-4-10-21(15)18(22)14-8-9-19-17(12-14)20-13-16-7-5-11-23-16/h8-9,12,15-16H,2-7,10-11,13H2,1H3,(H,19,20). The van der Waals surface area contributed by atoms with E-state index in [1.54, 1.807) is 6.20 Å². The molecule has 2 saturated heterocycles. The van der Waals surface area contributed by atoms with Crippen LogP contribution in [-0.4, -0.2) is 47.6 Å². The van der Waals surface area contributed by atoms with Gasteiger partial charge in [0.05, 0.1) is 6.10 Å². The first-order valence-corrected chi connectivity index (χ1v) is 8.90. The molecule has 1 aromatic rings. The number of nitrogens with one attached hydrogen (secondary N) is 1. The van der Waals surface area contributed by atoms with E-state index in [0.717, 1.165) is 63.2 Å². The third-order valence-electron chi connectivity index (χ3n) is 4.90. The molecule has 2 unspecified atom stereocenters. The molecule has 1 N–H and O–H groups in total. The topological polar surface area (TPSA) is 54.5 Å². The monoisotopic (exact) mass is 317 g/mol. The number of likely N-dealkylation sites (tertiary alicyclic amines) is 1. The number of anilines is 1. The summed E-state index contributed by atoms with van der Waals surface area (Å²) in [4.78, 5) is 19.2. The number of hydrogen-bond donors (Lipinski definition) is 1. The Balaban J connectivity index is 1.64. The minimum absolute atomic E-state index is 0.138. The van der Waals surface area contributed by atoms with Crippen molar-refractivity contribution >= 4 is 11.7 Å². The molecule has 3 rings (SSSR count). The maximum absolute atomic E-state index is 12.8. The average Bonchev–Trinajstić information content (AvgIpc) is 3.13. The van der Waals surface area contributed by atoms with E-state index in [9.17, 15) is 4.79 Å². The smallest absolute Gasteiger partial charge is 0.254 e. The van der Waals surface area contributed by atoms with E-state index in [1.165, 1.54) is 6.42 Å². The van der Waals surface area contributed by atoms with Crippen LogP contribution in [0, 0.1) is 0 Å². The zero-order chi connectivity index (χ0) is 16.1. The molecule has 1 aromatic heterocycles. The Bertz CT molecular complexity index is 529. The second kappa shape index (κ2) is 7.77. The quantitative estimate of drug-likeness (QED) is 0.907. The number of ether oxygens (including phenoxy) is 1. The van der Waals surface area contributed by atoms with Gasteiger partial charge >= 0.3 is 0 Å². The van der Waals surface area contributed by atoms with Crippen molar-refractivity contribution < 1.29 is 9.53 Å². The van der Waals surface area contributed by atoms with Crippen LogP contribution < -0.4 is 5.32 Å². The molecule has 1 amide bonds. The van der Waals surface area contributed by atoms with Gasteiger partial charge in [-0.25, -0.2) is 4.98 Å². The molecule has 2 atom stereocenters. The lowest BCUT2D eigenvalue weighted by Gasteiger charge is -2.35. The summed E-state index contributed by atoms with van der Waals surface area (Å²) < 4.78 is 5.61. The van der Waals surface area contributed by atoms with Gasteiger partial charge in [-0.15, -0.1) is 0 Å². The van der Waals surface area contributed by atoms with E-state index in [4.69, 9.17) is 4.74 Å². The highest BCUT2D eigenvalue weighted by molar-refractivity contribution is 5.95. The van der Waals surface area contributed by atoms with E-state index < -0.39 is 0 Å². The Morgan fingerprint density at radius 2 is 2.30 bits per heavy atom. The fourth-order valence-electron chi connectivity index (χ4n) is 3.54. The lowest BCUT2D eigenvalue weighted by Crippen LogP contribution is -2.43. The maximum Gasteiger partial charge on any atom is 0.254 e.